The normalized spacial score (nSPS) is 13.9. The minimum atomic E-state index is -3.81. The van der Waals surface area contributed by atoms with Crippen LogP contribution in [0.5, 0.6) is 5.75 Å². The highest BCUT2D eigenvalue weighted by molar-refractivity contribution is 7.89. The molecule has 7 nitrogen and oxygen atoms in total. The van der Waals surface area contributed by atoms with Crippen molar-refractivity contribution >= 4 is 20.0 Å². The van der Waals surface area contributed by atoms with E-state index < -0.39 is 20.0 Å². The number of benzene rings is 1. The Labute approximate surface area is 151 Å². The van der Waals surface area contributed by atoms with E-state index in [-0.39, 0.29) is 29.8 Å². The summed E-state index contributed by atoms with van der Waals surface area (Å²) in [6, 6.07) is 3.03. The second-order valence-corrected chi connectivity index (χ2v) is 9.79. The molecule has 0 radical (unpaired) electrons. The topological polar surface area (TPSA) is 92.8 Å². The SMILES string of the molecule is CCC(C)N(CCNS(=O)(=O)c1cc(C)c(C)cc1OC)S(C)(=O)=O. The summed E-state index contributed by atoms with van der Waals surface area (Å²) >= 11 is 0. The number of aryl methyl sites for hydroxylation is 2. The predicted octanol–water partition coefficient (Wildman–Crippen LogP) is 1.65. The zero-order chi connectivity index (χ0) is 19.4. The van der Waals surface area contributed by atoms with Gasteiger partial charge >= 0.3 is 0 Å². The zero-order valence-electron chi connectivity index (χ0n) is 15.7. The molecular formula is C16H28N2O5S2. The molecular weight excluding hydrogens is 364 g/mol. The van der Waals surface area contributed by atoms with Gasteiger partial charge in [0, 0.05) is 19.1 Å². The molecule has 0 fully saturated rings. The van der Waals surface area contributed by atoms with Crippen molar-refractivity contribution in [2.45, 2.75) is 45.1 Å². The first-order valence-corrected chi connectivity index (χ1v) is 11.4. The predicted molar refractivity (Wildman–Crippen MR) is 99.0 cm³/mol. The van der Waals surface area contributed by atoms with E-state index in [1.165, 1.54) is 11.4 Å². The number of methoxy groups -OCH3 is 1. The van der Waals surface area contributed by atoms with Crippen molar-refractivity contribution in [2.75, 3.05) is 26.5 Å². The fourth-order valence-corrected chi connectivity index (χ4v) is 4.90. The van der Waals surface area contributed by atoms with Crippen LogP contribution in [0.15, 0.2) is 17.0 Å². The van der Waals surface area contributed by atoms with Crippen molar-refractivity contribution in [1.82, 2.24) is 9.03 Å². The molecule has 0 aromatic heterocycles. The molecule has 0 bridgehead atoms. The van der Waals surface area contributed by atoms with Crippen molar-refractivity contribution < 1.29 is 21.6 Å². The van der Waals surface area contributed by atoms with Crippen LogP contribution in [0.25, 0.3) is 0 Å². The van der Waals surface area contributed by atoms with Crippen LogP contribution in [0.1, 0.15) is 31.4 Å². The summed E-state index contributed by atoms with van der Waals surface area (Å²) in [5.74, 6) is 0.262. The smallest absolute Gasteiger partial charge is 0.244 e. The number of sulfonamides is 2. The fourth-order valence-electron chi connectivity index (χ4n) is 2.42. The molecule has 0 aliphatic carbocycles. The van der Waals surface area contributed by atoms with E-state index in [4.69, 9.17) is 4.74 Å². The maximum absolute atomic E-state index is 12.6. The first-order chi connectivity index (χ1) is 11.4. The maximum atomic E-state index is 12.6. The van der Waals surface area contributed by atoms with Gasteiger partial charge in [0.25, 0.3) is 0 Å². The molecule has 25 heavy (non-hydrogen) atoms. The zero-order valence-corrected chi connectivity index (χ0v) is 17.3. The minimum absolute atomic E-state index is 0.0180. The van der Waals surface area contributed by atoms with Crippen LogP contribution >= 0.6 is 0 Å². The molecule has 0 amide bonds. The van der Waals surface area contributed by atoms with E-state index in [9.17, 15) is 16.8 Å². The molecule has 9 heteroatoms. The number of ether oxygens (including phenoxy) is 1. The molecule has 0 saturated heterocycles. The van der Waals surface area contributed by atoms with Gasteiger partial charge in [-0.15, -0.1) is 0 Å². The van der Waals surface area contributed by atoms with Crippen LogP contribution < -0.4 is 9.46 Å². The van der Waals surface area contributed by atoms with Crippen molar-refractivity contribution in [1.29, 1.82) is 0 Å². The molecule has 144 valence electrons. The third-order valence-corrected chi connectivity index (χ3v) is 7.08. The van der Waals surface area contributed by atoms with E-state index in [1.807, 2.05) is 20.8 Å². The van der Waals surface area contributed by atoms with Gasteiger partial charge in [-0.1, -0.05) is 6.92 Å². The second-order valence-electron chi connectivity index (χ2n) is 6.12. The summed E-state index contributed by atoms with van der Waals surface area (Å²) in [6.45, 7) is 7.42. The van der Waals surface area contributed by atoms with Gasteiger partial charge in [0.2, 0.25) is 20.0 Å². The van der Waals surface area contributed by atoms with Crippen LogP contribution in [-0.2, 0) is 20.0 Å². The third-order valence-electron chi connectivity index (χ3n) is 4.20. The average molecular weight is 393 g/mol. The summed E-state index contributed by atoms with van der Waals surface area (Å²) < 4.78 is 57.9. The quantitative estimate of drug-likeness (QED) is 0.690. The second kappa shape index (κ2) is 8.48. The van der Waals surface area contributed by atoms with Gasteiger partial charge in [-0.2, -0.15) is 4.31 Å². The van der Waals surface area contributed by atoms with E-state index >= 15 is 0 Å². The molecule has 1 N–H and O–H groups in total. The van der Waals surface area contributed by atoms with Crippen molar-refractivity contribution in [3.8, 4) is 5.75 Å². The van der Waals surface area contributed by atoms with Crippen LogP contribution in [0.4, 0.5) is 0 Å². The highest BCUT2D eigenvalue weighted by Gasteiger charge is 2.24. The van der Waals surface area contributed by atoms with Crippen molar-refractivity contribution in [3.63, 3.8) is 0 Å². The fraction of sp³-hybridized carbons (Fsp3) is 0.625. The summed E-state index contributed by atoms with van der Waals surface area (Å²) in [7, 11) is -5.81. The van der Waals surface area contributed by atoms with Gasteiger partial charge in [0.1, 0.15) is 10.6 Å². The Kier molecular flexibility index (Phi) is 7.42. The number of hydrogen-bond acceptors (Lipinski definition) is 5. The molecule has 0 heterocycles. The first-order valence-electron chi connectivity index (χ1n) is 8.05. The van der Waals surface area contributed by atoms with Crippen LogP contribution in [-0.4, -0.2) is 53.6 Å². The number of nitrogens with zero attached hydrogens (tertiary/aromatic N) is 1. The average Bonchev–Trinajstić information content (AvgIpc) is 2.51. The molecule has 0 aliphatic rings. The lowest BCUT2D eigenvalue weighted by atomic mass is 10.1. The van der Waals surface area contributed by atoms with Crippen LogP contribution in [0.3, 0.4) is 0 Å². The largest absolute Gasteiger partial charge is 0.495 e. The molecule has 1 aromatic rings. The molecule has 1 aromatic carbocycles. The van der Waals surface area contributed by atoms with Gasteiger partial charge in [-0.3, -0.25) is 0 Å². The number of nitrogens with one attached hydrogen (secondary N) is 1. The van der Waals surface area contributed by atoms with Crippen LogP contribution in [0, 0.1) is 13.8 Å². The highest BCUT2D eigenvalue weighted by atomic mass is 32.2. The Bertz CT molecular complexity index is 804. The Morgan fingerprint density at radius 1 is 1.16 bits per heavy atom. The summed E-state index contributed by atoms with van der Waals surface area (Å²) in [4.78, 5) is 0.0487. The highest BCUT2D eigenvalue weighted by Crippen LogP contribution is 2.27. The van der Waals surface area contributed by atoms with Crippen molar-refractivity contribution in [2.24, 2.45) is 0 Å². The van der Waals surface area contributed by atoms with Crippen LogP contribution in [0.2, 0.25) is 0 Å². The van der Waals surface area contributed by atoms with E-state index in [1.54, 1.807) is 19.1 Å². The van der Waals surface area contributed by atoms with E-state index in [2.05, 4.69) is 4.72 Å². The monoisotopic (exact) mass is 392 g/mol. The Balaban J connectivity index is 2.98. The van der Waals surface area contributed by atoms with Gasteiger partial charge in [0.05, 0.1) is 13.4 Å². The Morgan fingerprint density at radius 2 is 1.72 bits per heavy atom. The molecule has 1 atom stereocenters. The lowest BCUT2D eigenvalue weighted by Gasteiger charge is -2.26. The third kappa shape index (κ3) is 5.67. The lowest BCUT2D eigenvalue weighted by Crippen LogP contribution is -2.42. The molecule has 0 saturated carbocycles. The molecule has 1 rings (SSSR count). The van der Waals surface area contributed by atoms with Gasteiger partial charge in [-0.05, 0) is 50.5 Å². The van der Waals surface area contributed by atoms with E-state index in [0.29, 0.717) is 6.42 Å². The minimum Gasteiger partial charge on any atom is -0.495 e. The Morgan fingerprint density at radius 3 is 2.20 bits per heavy atom. The Hall–Kier alpha value is -1.16. The summed E-state index contributed by atoms with van der Waals surface area (Å²) in [5, 5.41) is 0. The molecule has 0 spiro atoms. The lowest BCUT2D eigenvalue weighted by molar-refractivity contribution is 0.334. The molecule has 0 aliphatic heterocycles. The molecule has 1 unspecified atom stereocenters. The standard InChI is InChI=1S/C16H28N2O5S2/c1-7-14(4)18(24(6,19)20)9-8-17-25(21,22)16-11-13(3)12(2)10-15(16)23-5/h10-11,14,17H,7-9H2,1-6H3. The van der Waals surface area contributed by atoms with Gasteiger partial charge in [0.15, 0.2) is 0 Å². The number of rotatable bonds is 9. The maximum Gasteiger partial charge on any atom is 0.244 e. The summed E-state index contributed by atoms with van der Waals surface area (Å²) in [6.07, 6.45) is 1.77. The van der Waals surface area contributed by atoms with Crippen molar-refractivity contribution in [3.05, 3.63) is 23.3 Å². The number of hydrogen-bond donors (Lipinski definition) is 1. The van der Waals surface area contributed by atoms with E-state index in [0.717, 1.165) is 17.4 Å². The first kappa shape index (κ1) is 21.9. The van der Waals surface area contributed by atoms with Gasteiger partial charge < -0.3 is 4.74 Å². The summed E-state index contributed by atoms with van der Waals surface area (Å²) in [5.41, 5.74) is 1.76. The van der Waals surface area contributed by atoms with Gasteiger partial charge in [-0.25, -0.2) is 21.6 Å².